The van der Waals surface area contributed by atoms with E-state index in [1.54, 1.807) is 13.0 Å². The van der Waals surface area contributed by atoms with Crippen LogP contribution in [0, 0.1) is 13.8 Å². The van der Waals surface area contributed by atoms with E-state index in [0.29, 0.717) is 5.56 Å². The number of carbonyl (C=O) groups is 2. The van der Waals surface area contributed by atoms with Crippen molar-refractivity contribution in [2.45, 2.75) is 26.7 Å². The summed E-state index contributed by atoms with van der Waals surface area (Å²) in [7, 11) is 1.40. The maximum absolute atomic E-state index is 12.8. The second-order valence-electron chi connectivity index (χ2n) is 6.41. The number of cyclic esters (lactones) is 1. The zero-order chi connectivity index (χ0) is 20.3. The van der Waals surface area contributed by atoms with Crippen molar-refractivity contribution in [1.82, 2.24) is 0 Å². The first-order chi connectivity index (χ1) is 13.3. The molecule has 0 saturated heterocycles. The lowest BCUT2D eigenvalue weighted by atomic mass is 10.0. The van der Waals surface area contributed by atoms with Gasteiger partial charge in [0.2, 0.25) is 6.29 Å². The van der Waals surface area contributed by atoms with Gasteiger partial charge in [-0.2, -0.15) is 0 Å². The largest absolute Gasteiger partial charge is 0.507 e. The lowest BCUT2D eigenvalue weighted by Crippen LogP contribution is -2.11. The molecule has 2 aromatic rings. The van der Waals surface area contributed by atoms with Crippen LogP contribution in [0.3, 0.4) is 0 Å². The number of aromatic hydroxyl groups is 1. The summed E-state index contributed by atoms with van der Waals surface area (Å²) in [6.07, 6.45) is -1.72. The number of hydrogen-bond donors (Lipinski definition) is 3. The van der Waals surface area contributed by atoms with Crippen molar-refractivity contribution in [2.24, 2.45) is 0 Å². The van der Waals surface area contributed by atoms with Gasteiger partial charge in [-0.05, 0) is 25.5 Å². The summed E-state index contributed by atoms with van der Waals surface area (Å²) in [5.74, 6) is -2.25. The van der Waals surface area contributed by atoms with E-state index in [-0.39, 0.29) is 50.8 Å². The standard InChI is InChI=1S/C19H16O9/c1-6-4-9(25-3)8(5-20)15-10(6)17(22)27-14-7(2)13(21)11-12(16(14)26-15)19(24)28-18(11)23/h4,19-21,24H,5H2,1-3H3/t19-/m0/s1. The summed E-state index contributed by atoms with van der Waals surface area (Å²) in [6, 6.07) is 1.56. The Morgan fingerprint density at radius 1 is 1.07 bits per heavy atom. The number of phenolic OH excluding ortho intramolecular Hbond substituents is 1. The summed E-state index contributed by atoms with van der Waals surface area (Å²) >= 11 is 0. The van der Waals surface area contributed by atoms with Crippen LogP contribution >= 0.6 is 0 Å². The molecule has 146 valence electrons. The van der Waals surface area contributed by atoms with Gasteiger partial charge in [0.25, 0.3) is 0 Å². The minimum Gasteiger partial charge on any atom is -0.507 e. The Bertz CT molecular complexity index is 1050. The van der Waals surface area contributed by atoms with Crippen LogP contribution in [0.2, 0.25) is 0 Å². The molecule has 9 nitrogen and oxygen atoms in total. The van der Waals surface area contributed by atoms with Crippen LogP contribution in [0.1, 0.15) is 49.3 Å². The molecule has 9 heteroatoms. The summed E-state index contributed by atoms with van der Waals surface area (Å²) in [6.45, 7) is 2.56. The van der Waals surface area contributed by atoms with Crippen LogP contribution in [0.25, 0.3) is 0 Å². The monoisotopic (exact) mass is 388 g/mol. The Balaban J connectivity index is 2.08. The molecule has 28 heavy (non-hydrogen) atoms. The van der Waals surface area contributed by atoms with Crippen molar-refractivity contribution in [3.8, 4) is 28.7 Å². The highest BCUT2D eigenvalue weighted by atomic mass is 16.6. The molecule has 0 aliphatic carbocycles. The first-order valence-electron chi connectivity index (χ1n) is 8.29. The first-order valence-corrected chi connectivity index (χ1v) is 8.29. The van der Waals surface area contributed by atoms with Crippen LogP contribution in [0.4, 0.5) is 0 Å². The van der Waals surface area contributed by atoms with Gasteiger partial charge < -0.3 is 34.3 Å². The van der Waals surface area contributed by atoms with E-state index in [9.17, 15) is 24.9 Å². The van der Waals surface area contributed by atoms with Crippen LogP contribution in [0.15, 0.2) is 6.07 Å². The van der Waals surface area contributed by atoms with E-state index in [1.807, 2.05) is 0 Å². The Morgan fingerprint density at radius 3 is 2.43 bits per heavy atom. The Morgan fingerprint density at radius 2 is 1.79 bits per heavy atom. The van der Waals surface area contributed by atoms with Crippen molar-refractivity contribution in [3.63, 3.8) is 0 Å². The van der Waals surface area contributed by atoms with Gasteiger partial charge >= 0.3 is 11.9 Å². The topological polar surface area (TPSA) is 132 Å². The van der Waals surface area contributed by atoms with Gasteiger partial charge in [0, 0.05) is 5.56 Å². The van der Waals surface area contributed by atoms with Crippen LogP contribution in [0.5, 0.6) is 28.7 Å². The molecular formula is C19H16O9. The van der Waals surface area contributed by atoms with E-state index in [4.69, 9.17) is 18.9 Å². The summed E-state index contributed by atoms with van der Waals surface area (Å²) in [5.41, 5.74) is 0.339. The fourth-order valence-corrected chi connectivity index (χ4v) is 3.46. The summed E-state index contributed by atoms with van der Waals surface area (Å²) in [5, 5.41) is 30.4. The van der Waals surface area contributed by atoms with E-state index >= 15 is 0 Å². The van der Waals surface area contributed by atoms with E-state index in [1.165, 1.54) is 14.0 Å². The molecular weight excluding hydrogens is 372 g/mol. The Labute approximate surface area is 158 Å². The van der Waals surface area contributed by atoms with Gasteiger partial charge in [-0.1, -0.05) is 0 Å². The molecule has 2 aliphatic heterocycles. The highest BCUT2D eigenvalue weighted by Crippen LogP contribution is 2.53. The Hall–Kier alpha value is -3.30. The predicted octanol–water partition coefficient (Wildman–Crippen LogP) is 2.00. The smallest absolute Gasteiger partial charge is 0.347 e. The van der Waals surface area contributed by atoms with E-state index < -0.39 is 30.6 Å². The zero-order valence-corrected chi connectivity index (χ0v) is 15.2. The maximum atomic E-state index is 12.8. The first kappa shape index (κ1) is 18.1. The lowest BCUT2D eigenvalue weighted by Gasteiger charge is -2.18. The van der Waals surface area contributed by atoms with Crippen LogP contribution in [-0.2, 0) is 11.3 Å². The number of rotatable bonds is 2. The third-order valence-electron chi connectivity index (χ3n) is 4.84. The zero-order valence-electron chi connectivity index (χ0n) is 15.2. The number of aryl methyl sites for hydroxylation is 1. The number of aliphatic hydroxyl groups is 2. The molecule has 0 radical (unpaired) electrons. The van der Waals surface area contributed by atoms with Gasteiger partial charge in [-0.15, -0.1) is 0 Å². The van der Waals surface area contributed by atoms with Crippen molar-refractivity contribution < 1.29 is 43.9 Å². The highest BCUT2D eigenvalue weighted by Gasteiger charge is 2.42. The normalized spacial score (nSPS) is 17.0. The number of methoxy groups -OCH3 is 1. The third kappa shape index (κ3) is 2.26. The van der Waals surface area contributed by atoms with E-state index in [2.05, 4.69) is 0 Å². The molecule has 1 atom stereocenters. The maximum Gasteiger partial charge on any atom is 0.347 e. The second-order valence-corrected chi connectivity index (χ2v) is 6.41. The number of fused-ring (bicyclic) bond motifs is 4. The molecule has 0 saturated carbocycles. The number of carbonyl (C=O) groups excluding carboxylic acids is 2. The second kappa shape index (κ2) is 6.11. The fourth-order valence-electron chi connectivity index (χ4n) is 3.46. The quantitative estimate of drug-likeness (QED) is 0.522. The molecule has 0 aromatic heterocycles. The number of phenols is 1. The van der Waals surface area contributed by atoms with Crippen molar-refractivity contribution >= 4 is 11.9 Å². The van der Waals surface area contributed by atoms with Crippen molar-refractivity contribution in [2.75, 3.05) is 7.11 Å². The average molecular weight is 388 g/mol. The SMILES string of the molecule is COc1cc(C)c2c(c1CO)Oc1c(c(C)c(O)c3c1[C@@H](O)OC3=O)OC2=O. The molecule has 0 amide bonds. The van der Waals surface area contributed by atoms with Crippen LogP contribution in [-0.4, -0.2) is 34.4 Å². The predicted molar refractivity (Wildman–Crippen MR) is 91.9 cm³/mol. The number of aliphatic hydroxyl groups excluding tert-OH is 2. The van der Waals surface area contributed by atoms with Gasteiger partial charge in [-0.3, -0.25) is 0 Å². The minimum absolute atomic E-state index is 0.0260. The molecule has 0 spiro atoms. The summed E-state index contributed by atoms with van der Waals surface area (Å²) in [4.78, 5) is 24.8. The molecule has 4 rings (SSSR count). The molecule has 2 heterocycles. The molecule has 2 aromatic carbocycles. The highest BCUT2D eigenvalue weighted by molar-refractivity contribution is 6.02. The van der Waals surface area contributed by atoms with Gasteiger partial charge in [-0.25, -0.2) is 9.59 Å². The summed E-state index contributed by atoms with van der Waals surface area (Å²) < 4.78 is 21.4. The van der Waals surface area contributed by atoms with Gasteiger partial charge in [0.15, 0.2) is 17.2 Å². The number of benzene rings is 2. The number of esters is 2. The van der Waals surface area contributed by atoms with Gasteiger partial charge in [0.1, 0.15) is 22.6 Å². The van der Waals surface area contributed by atoms with E-state index in [0.717, 1.165) is 0 Å². The molecule has 0 bridgehead atoms. The number of hydrogen-bond acceptors (Lipinski definition) is 9. The fraction of sp³-hybridized carbons (Fsp3) is 0.263. The van der Waals surface area contributed by atoms with Crippen LogP contribution < -0.4 is 14.2 Å². The average Bonchev–Trinajstić information content (AvgIpc) is 2.85. The third-order valence-corrected chi connectivity index (χ3v) is 4.84. The molecule has 0 unspecified atom stereocenters. The Kier molecular flexibility index (Phi) is 3.95. The van der Waals surface area contributed by atoms with Crippen molar-refractivity contribution in [1.29, 1.82) is 0 Å². The number of ether oxygens (including phenoxy) is 4. The van der Waals surface area contributed by atoms with Crippen molar-refractivity contribution in [3.05, 3.63) is 39.4 Å². The van der Waals surface area contributed by atoms with Gasteiger partial charge in [0.05, 0.1) is 24.8 Å². The molecule has 0 fully saturated rings. The molecule has 2 aliphatic rings. The molecule has 3 N–H and O–H groups in total. The lowest BCUT2D eigenvalue weighted by molar-refractivity contribution is -0.0555. The minimum atomic E-state index is -1.72.